The molecular formula is C17H31NO10S. The normalized spacial score (nSPS) is 23.9. The van der Waals surface area contributed by atoms with Gasteiger partial charge in [0.15, 0.2) is 5.79 Å². The van der Waals surface area contributed by atoms with Crippen LogP contribution < -0.4 is 5.32 Å². The summed E-state index contributed by atoms with van der Waals surface area (Å²) in [4.78, 5) is 23.5. The highest BCUT2D eigenvalue weighted by molar-refractivity contribution is 7.85. The number of esters is 1. The molecule has 1 fully saturated rings. The van der Waals surface area contributed by atoms with E-state index in [4.69, 9.17) is 18.9 Å². The SMILES string of the molecule is CC(=O)OC[C@@H](NC(=O)OC(C)(C)C)[C@H]1OC(C)(C)O[C@@H]1[C@H](O)COS(C)(=O)=O. The van der Waals surface area contributed by atoms with Gasteiger partial charge in [0.25, 0.3) is 10.1 Å². The second-order valence-corrected chi connectivity index (χ2v) is 9.82. The Kier molecular flexibility index (Phi) is 8.43. The number of aliphatic hydroxyl groups excluding tert-OH is 1. The van der Waals surface area contributed by atoms with Crippen molar-refractivity contribution in [2.75, 3.05) is 19.5 Å². The minimum Gasteiger partial charge on any atom is -0.464 e. The molecule has 0 saturated carbocycles. The molecule has 1 rings (SSSR count). The Morgan fingerprint density at radius 2 is 1.72 bits per heavy atom. The summed E-state index contributed by atoms with van der Waals surface area (Å²) in [6.45, 7) is 8.55. The number of rotatable bonds is 8. The predicted octanol–water partition coefficient (Wildman–Crippen LogP) is 0.300. The highest BCUT2D eigenvalue weighted by Gasteiger charge is 2.49. The zero-order valence-electron chi connectivity index (χ0n) is 17.8. The summed E-state index contributed by atoms with van der Waals surface area (Å²) in [5.41, 5.74) is -0.773. The van der Waals surface area contributed by atoms with Gasteiger partial charge in [-0.2, -0.15) is 8.42 Å². The van der Waals surface area contributed by atoms with Gasteiger partial charge in [-0.25, -0.2) is 4.79 Å². The van der Waals surface area contributed by atoms with Crippen LogP contribution in [0.4, 0.5) is 4.79 Å². The van der Waals surface area contributed by atoms with Crippen molar-refractivity contribution >= 4 is 22.2 Å². The molecule has 0 radical (unpaired) electrons. The molecule has 29 heavy (non-hydrogen) atoms. The third-order valence-corrected chi connectivity index (χ3v) is 4.12. The van der Waals surface area contributed by atoms with Gasteiger partial charge in [0.1, 0.15) is 30.5 Å². The number of amides is 1. The Hall–Kier alpha value is -1.47. The van der Waals surface area contributed by atoms with Gasteiger partial charge in [-0.3, -0.25) is 8.98 Å². The van der Waals surface area contributed by atoms with Gasteiger partial charge in [0, 0.05) is 6.92 Å². The van der Waals surface area contributed by atoms with Crippen molar-refractivity contribution in [2.24, 2.45) is 0 Å². The first-order chi connectivity index (χ1) is 13.0. The number of aliphatic hydroxyl groups is 1. The van der Waals surface area contributed by atoms with Crippen LogP contribution in [0.25, 0.3) is 0 Å². The molecule has 4 atom stereocenters. The summed E-state index contributed by atoms with van der Waals surface area (Å²) in [6, 6.07) is -0.951. The molecule has 1 amide bonds. The van der Waals surface area contributed by atoms with E-state index in [0.29, 0.717) is 0 Å². The van der Waals surface area contributed by atoms with E-state index < -0.39 is 64.5 Å². The highest BCUT2D eigenvalue weighted by Crippen LogP contribution is 2.32. The summed E-state index contributed by atoms with van der Waals surface area (Å²) < 4.78 is 48.8. The summed E-state index contributed by atoms with van der Waals surface area (Å²) >= 11 is 0. The van der Waals surface area contributed by atoms with Crippen LogP contribution in [0.1, 0.15) is 41.5 Å². The monoisotopic (exact) mass is 441 g/mol. The number of carbonyl (C=O) groups is 2. The van der Waals surface area contributed by atoms with Crippen molar-refractivity contribution in [3.63, 3.8) is 0 Å². The van der Waals surface area contributed by atoms with Crippen LogP contribution in [0.15, 0.2) is 0 Å². The standard InChI is InChI=1S/C17H31NO10S/c1-10(19)24-8-11(18-15(21)28-16(2,3)4)13-14(27-17(5,6)26-13)12(20)9-25-29(7,22)23/h11-14,20H,8-9H2,1-7H3,(H,18,21)/t11-,12-,13-,14-/m1/s1. The first-order valence-corrected chi connectivity index (χ1v) is 10.8. The molecule has 1 saturated heterocycles. The van der Waals surface area contributed by atoms with Gasteiger partial charge < -0.3 is 29.4 Å². The number of carbonyl (C=O) groups excluding carboxylic acids is 2. The van der Waals surface area contributed by atoms with Crippen LogP contribution in [0.5, 0.6) is 0 Å². The number of hydrogen-bond donors (Lipinski definition) is 2. The molecule has 0 unspecified atom stereocenters. The lowest BCUT2D eigenvalue weighted by Gasteiger charge is -2.30. The van der Waals surface area contributed by atoms with E-state index in [-0.39, 0.29) is 6.61 Å². The van der Waals surface area contributed by atoms with Crippen molar-refractivity contribution in [1.82, 2.24) is 5.32 Å². The average molecular weight is 441 g/mol. The van der Waals surface area contributed by atoms with E-state index in [0.717, 1.165) is 6.26 Å². The topological polar surface area (TPSA) is 147 Å². The van der Waals surface area contributed by atoms with Gasteiger partial charge >= 0.3 is 12.1 Å². The molecule has 2 N–H and O–H groups in total. The van der Waals surface area contributed by atoms with Gasteiger partial charge in [-0.1, -0.05) is 0 Å². The lowest BCUT2D eigenvalue weighted by atomic mass is 10.0. The minimum atomic E-state index is -3.79. The minimum absolute atomic E-state index is 0.283. The quantitative estimate of drug-likeness (QED) is 0.398. The van der Waals surface area contributed by atoms with Crippen LogP contribution in [0.2, 0.25) is 0 Å². The molecule has 1 heterocycles. The average Bonchev–Trinajstić information content (AvgIpc) is 2.82. The van der Waals surface area contributed by atoms with Crippen LogP contribution in [-0.2, 0) is 38.0 Å². The largest absolute Gasteiger partial charge is 0.464 e. The van der Waals surface area contributed by atoms with E-state index >= 15 is 0 Å². The van der Waals surface area contributed by atoms with Crippen LogP contribution in [0.3, 0.4) is 0 Å². The fraction of sp³-hybridized carbons (Fsp3) is 0.882. The number of nitrogens with one attached hydrogen (secondary N) is 1. The third-order valence-electron chi connectivity index (χ3n) is 3.56. The van der Waals surface area contributed by atoms with Crippen molar-refractivity contribution in [3.05, 3.63) is 0 Å². The molecule has 1 aliphatic rings. The first-order valence-electron chi connectivity index (χ1n) is 9.00. The number of ether oxygens (including phenoxy) is 4. The second-order valence-electron chi connectivity index (χ2n) is 8.18. The van der Waals surface area contributed by atoms with Crippen LogP contribution >= 0.6 is 0 Å². The molecule has 0 aromatic rings. The van der Waals surface area contributed by atoms with Gasteiger partial charge in [0.05, 0.1) is 18.9 Å². The molecule has 0 aromatic heterocycles. The van der Waals surface area contributed by atoms with E-state index in [1.165, 1.54) is 6.92 Å². The summed E-state index contributed by atoms with van der Waals surface area (Å²) in [6.07, 6.45) is -3.42. The maximum atomic E-state index is 12.2. The molecule has 0 aromatic carbocycles. The summed E-state index contributed by atoms with van der Waals surface area (Å²) in [5.74, 6) is -1.75. The van der Waals surface area contributed by atoms with E-state index in [1.54, 1.807) is 34.6 Å². The Balaban J connectivity index is 3.03. The zero-order valence-corrected chi connectivity index (χ0v) is 18.6. The predicted molar refractivity (Wildman–Crippen MR) is 100 cm³/mol. The number of hydrogen-bond acceptors (Lipinski definition) is 10. The van der Waals surface area contributed by atoms with E-state index in [1.807, 2.05) is 0 Å². The maximum absolute atomic E-state index is 12.2. The molecular weight excluding hydrogens is 410 g/mol. The second kappa shape index (κ2) is 9.56. The maximum Gasteiger partial charge on any atom is 0.408 e. The van der Waals surface area contributed by atoms with E-state index in [2.05, 4.69) is 9.50 Å². The van der Waals surface area contributed by atoms with Crippen molar-refractivity contribution < 1.29 is 46.2 Å². The number of alkyl carbamates (subject to hydrolysis) is 1. The summed E-state index contributed by atoms with van der Waals surface area (Å²) in [5, 5.41) is 13.0. The lowest BCUT2D eigenvalue weighted by Crippen LogP contribution is -2.54. The molecule has 12 heteroatoms. The zero-order chi connectivity index (χ0) is 22.6. The van der Waals surface area contributed by atoms with Crippen molar-refractivity contribution in [2.45, 2.75) is 77.3 Å². The van der Waals surface area contributed by atoms with Crippen molar-refractivity contribution in [3.8, 4) is 0 Å². The Morgan fingerprint density at radius 1 is 1.17 bits per heavy atom. The first kappa shape index (κ1) is 25.6. The van der Waals surface area contributed by atoms with E-state index in [9.17, 15) is 23.1 Å². The van der Waals surface area contributed by atoms with Gasteiger partial charge in [-0.15, -0.1) is 0 Å². The van der Waals surface area contributed by atoms with Crippen LogP contribution in [0, 0.1) is 0 Å². The molecule has 170 valence electrons. The van der Waals surface area contributed by atoms with Gasteiger partial charge in [0.2, 0.25) is 0 Å². The third kappa shape index (κ3) is 9.72. The molecule has 1 aliphatic heterocycles. The lowest BCUT2D eigenvalue weighted by molar-refractivity contribution is -0.159. The Labute approximate surface area is 171 Å². The van der Waals surface area contributed by atoms with Gasteiger partial charge in [-0.05, 0) is 34.6 Å². The Bertz CT molecular complexity index is 685. The molecule has 11 nitrogen and oxygen atoms in total. The highest BCUT2D eigenvalue weighted by atomic mass is 32.2. The Morgan fingerprint density at radius 3 is 2.21 bits per heavy atom. The fourth-order valence-corrected chi connectivity index (χ4v) is 2.99. The summed E-state index contributed by atoms with van der Waals surface area (Å²) in [7, 11) is -3.79. The molecule has 0 spiro atoms. The van der Waals surface area contributed by atoms with Crippen LogP contribution in [-0.4, -0.2) is 80.8 Å². The van der Waals surface area contributed by atoms with Crippen molar-refractivity contribution in [1.29, 1.82) is 0 Å². The fourth-order valence-electron chi connectivity index (χ4n) is 2.60. The molecule has 0 aliphatic carbocycles. The smallest absolute Gasteiger partial charge is 0.408 e. The molecule has 0 bridgehead atoms.